The lowest BCUT2D eigenvalue weighted by molar-refractivity contribution is -0.147. The highest BCUT2D eigenvalue weighted by Crippen LogP contribution is 2.37. The van der Waals surface area contributed by atoms with E-state index in [1.165, 1.54) is 6.08 Å². The van der Waals surface area contributed by atoms with E-state index in [4.69, 9.17) is 14.3 Å². The fourth-order valence-electron chi connectivity index (χ4n) is 3.60. The lowest BCUT2D eigenvalue weighted by Gasteiger charge is -2.20. The van der Waals surface area contributed by atoms with Crippen molar-refractivity contribution >= 4 is 5.97 Å². The summed E-state index contributed by atoms with van der Waals surface area (Å²) in [5.74, 6) is -5.37. The van der Waals surface area contributed by atoms with Gasteiger partial charge >= 0.3 is 5.97 Å². The van der Waals surface area contributed by atoms with Gasteiger partial charge in [0.15, 0.2) is 6.61 Å². The number of hydrogen-bond acceptors (Lipinski definition) is 5. The lowest BCUT2D eigenvalue weighted by Crippen LogP contribution is -2.25. The Kier molecular flexibility index (Phi) is 6.85. The van der Waals surface area contributed by atoms with Crippen LogP contribution < -0.4 is 4.74 Å². The van der Waals surface area contributed by atoms with Crippen LogP contribution >= 0.6 is 0 Å². The van der Waals surface area contributed by atoms with Crippen LogP contribution in [0.1, 0.15) is 55.4 Å². The smallest absolute Gasteiger partial charge is 0.306 e. The Morgan fingerprint density at radius 2 is 2.03 bits per heavy atom. The van der Waals surface area contributed by atoms with Gasteiger partial charge in [-0.3, -0.25) is 4.79 Å². The Balaban J connectivity index is 1.86. The minimum absolute atomic E-state index is 0.0350. The van der Waals surface area contributed by atoms with E-state index in [0.717, 1.165) is 0 Å². The monoisotopic (exact) mass is 459 g/mol. The van der Waals surface area contributed by atoms with Gasteiger partial charge in [0.1, 0.15) is 5.75 Å². The summed E-state index contributed by atoms with van der Waals surface area (Å²) in [7, 11) is 0. The number of aliphatic hydroxyl groups is 2. The Hall–Kier alpha value is -2.25. The van der Waals surface area contributed by atoms with Crippen LogP contribution in [0.4, 0.5) is 8.78 Å². The topological polar surface area (TPSA) is 76.0 Å². The average Bonchev–Trinajstić information content (AvgIpc) is 3.09. The second-order valence-electron chi connectivity index (χ2n) is 7.74. The summed E-state index contributed by atoms with van der Waals surface area (Å²) in [6.45, 7) is -7.62. The largest absolute Gasteiger partial charge is 0.487 e. The third-order valence-electron chi connectivity index (χ3n) is 5.20. The minimum atomic E-state index is -3.38. The third-order valence-corrected chi connectivity index (χ3v) is 5.20. The summed E-state index contributed by atoms with van der Waals surface area (Å²) in [6.07, 6.45) is 0.372. The van der Waals surface area contributed by atoms with Crippen molar-refractivity contribution in [3.05, 3.63) is 54.6 Å². The Morgan fingerprint density at radius 3 is 2.75 bits per heavy atom. The van der Waals surface area contributed by atoms with Gasteiger partial charge in [-0.25, -0.2) is 0 Å². The summed E-state index contributed by atoms with van der Waals surface area (Å²) in [5, 5.41) is 20.6. The number of benzene rings is 1. The predicted molar refractivity (Wildman–Crippen MR) is 118 cm³/mol. The highest BCUT2D eigenvalue weighted by atomic mass is 19.3. The molecule has 0 spiro atoms. The number of hydrogen-bond donors (Lipinski definition) is 2. The maximum atomic E-state index is 14.3. The molecule has 1 aliphatic rings. The van der Waals surface area contributed by atoms with E-state index in [2.05, 4.69) is 4.74 Å². The lowest BCUT2D eigenvalue weighted by atomic mass is 9.89. The van der Waals surface area contributed by atoms with Crippen molar-refractivity contribution in [3.63, 3.8) is 0 Å². The SMILES string of the molecule is [2H]C([2H])([2H])C([2H])(OC(=O)CCC/C=C\C[C@@H]1[C@@H](/C=C/C(F)(F)COc2ccccc2)[C@H](O)C[C@@H]1O)C([2H])([2H])[2H]. The molecule has 32 heavy (non-hydrogen) atoms. The van der Waals surface area contributed by atoms with Gasteiger partial charge in [-0.15, -0.1) is 0 Å². The number of halogens is 2. The van der Waals surface area contributed by atoms with Crippen molar-refractivity contribution in [3.8, 4) is 5.75 Å². The number of ether oxygens (including phenoxy) is 2. The molecule has 1 saturated carbocycles. The van der Waals surface area contributed by atoms with E-state index in [9.17, 15) is 23.8 Å². The van der Waals surface area contributed by atoms with Crippen molar-refractivity contribution in [1.82, 2.24) is 0 Å². The number of unbranched alkanes of at least 4 members (excludes halogenated alkanes) is 1. The number of aliphatic hydroxyl groups excluding tert-OH is 2. The van der Waals surface area contributed by atoms with E-state index >= 15 is 0 Å². The van der Waals surface area contributed by atoms with Crippen LogP contribution in [0.2, 0.25) is 0 Å². The van der Waals surface area contributed by atoms with Gasteiger partial charge in [0.05, 0.1) is 19.7 Å². The molecule has 0 bridgehead atoms. The van der Waals surface area contributed by atoms with E-state index in [-0.39, 0.29) is 25.7 Å². The minimum Gasteiger partial charge on any atom is -0.487 e. The van der Waals surface area contributed by atoms with Crippen LogP contribution in [0.3, 0.4) is 0 Å². The van der Waals surface area contributed by atoms with Crippen LogP contribution in [-0.4, -0.2) is 47.0 Å². The van der Waals surface area contributed by atoms with Gasteiger partial charge in [-0.2, -0.15) is 8.78 Å². The summed E-state index contributed by atoms with van der Waals surface area (Å²) >= 11 is 0. The molecule has 0 heterocycles. The van der Waals surface area contributed by atoms with Gasteiger partial charge < -0.3 is 19.7 Å². The van der Waals surface area contributed by atoms with E-state index in [1.54, 1.807) is 42.5 Å². The van der Waals surface area contributed by atoms with E-state index in [0.29, 0.717) is 18.2 Å². The standard InChI is InChI=1S/C25H34F2O5/c1-18(2)32-24(30)13-9-4-3-8-12-20-21(23(29)16-22(20)28)14-15-25(26,27)17-31-19-10-6-5-7-11-19/h3,5-8,10-11,14-15,18,20-23,28-29H,4,9,12-13,16-17H2,1-2H3/b8-3-,15-14+/t20-,21-,22+,23-/m1/s1/i1D3,2D3,18D. The summed E-state index contributed by atoms with van der Waals surface area (Å²) < 4.78 is 89.5. The molecular weight excluding hydrogens is 418 g/mol. The zero-order valence-corrected chi connectivity index (χ0v) is 17.6. The quantitative estimate of drug-likeness (QED) is 0.270. The molecule has 4 atom stereocenters. The van der Waals surface area contributed by atoms with Crippen LogP contribution in [0, 0.1) is 11.8 Å². The molecule has 2 rings (SSSR count). The first-order valence-corrected chi connectivity index (χ1v) is 10.4. The first-order chi connectivity index (χ1) is 18.0. The van der Waals surface area contributed by atoms with Crippen LogP contribution in [0.25, 0.3) is 0 Å². The maximum absolute atomic E-state index is 14.3. The first kappa shape index (κ1) is 17.3. The zero-order chi connectivity index (χ0) is 29.5. The molecule has 5 nitrogen and oxygen atoms in total. The van der Waals surface area contributed by atoms with Gasteiger partial charge in [0, 0.05) is 27.0 Å². The van der Waals surface area contributed by atoms with Crippen molar-refractivity contribution in [2.45, 2.75) is 70.0 Å². The Labute approximate surface area is 198 Å². The van der Waals surface area contributed by atoms with Crippen molar-refractivity contribution in [1.29, 1.82) is 0 Å². The number of para-hydroxylation sites is 1. The molecule has 0 amide bonds. The number of esters is 1. The van der Waals surface area contributed by atoms with Gasteiger partial charge in [0.25, 0.3) is 5.92 Å². The van der Waals surface area contributed by atoms with Gasteiger partial charge in [-0.1, -0.05) is 36.4 Å². The maximum Gasteiger partial charge on any atom is 0.306 e. The number of alkyl halides is 2. The van der Waals surface area contributed by atoms with Crippen molar-refractivity contribution in [2.24, 2.45) is 11.8 Å². The molecule has 178 valence electrons. The molecule has 0 aliphatic heterocycles. The van der Waals surface area contributed by atoms with Gasteiger partial charge in [-0.05, 0) is 57.1 Å². The molecule has 0 saturated heterocycles. The average molecular weight is 460 g/mol. The third kappa shape index (κ3) is 9.09. The number of carbonyl (C=O) groups excluding carboxylic acids is 1. The normalized spacial score (nSPS) is 28.3. The summed E-state index contributed by atoms with van der Waals surface area (Å²) in [5.41, 5.74) is 0. The molecule has 0 radical (unpaired) electrons. The predicted octanol–water partition coefficient (Wildman–Crippen LogP) is 4.68. The molecular formula is C25H34F2O5. The van der Waals surface area contributed by atoms with Gasteiger partial charge in [0.2, 0.25) is 0 Å². The second-order valence-corrected chi connectivity index (χ2v) is 7.74. The number of rotatable bonds is 12. The molecule has 0 unspecified atom stereocenters. The van der Waals surface area contributed by atoms with Crippen molar-refractivity contribution < 1.29 is 42.9 Å². The van der Waals surface area contributed by atoms with Crippen molar-refractivity contribution in [2.75, 3.05) is 6.61 Å². The number of allylic oxidation sites excluding steroid dienone is 2. The van der Waals surface area contributed by atoms with Crippen LogP contribution in [0.15, 0.2) is 54.6 Å². The van der Waals surface area contributed by atoms with E-state index in [1.807, 2.05) is 0 Å². The Bertz CT molecular complexity index is 969. The number of carbonyl (C=O) groups is 1. The van der Waals surface area contributed by atoms with E-state index < -0.39 is 62.3 Å². The molecule has 1 aromatic carbocycles. The highest BCUT2D eigenvalue weighted by molar-refractivity contribution is 5.69. The fraction of sp³-hybridized carbons (Fsp3) is 0.560. The van der Waals surface area contributed by atoms with Crippen LogP contribution in [0.5, 0.6) is 5.75 Å². The highest BCUT2D eigenvalue weighted by Gasteiger charge is 2.40. The first-order valence-electron chi connectivity index (χ1n) is 13.9. The Morgan fingerprint density at radius 1 is 1.28 bits per heavy atom. The summed E-state index contributed by atoms with van der Waals surface area (Å²) in [4.78, 5) is 12.0. The second kappa shape index (κ2) is 12.7. The zero-order valence-electron chi connectivity index (χ0n) is 24.6. The van der Waals surface area contributed by atoms with Crippen LogP contribution in [-0.2, 0) is 9.53 Å². The fourth-order valence-corrected chi connectivity index (χ4v) is 3.60. The summed E-state index contributed by atoms with van der Waals surface area (Å²) in [6, 6.07) is 8.16. The molecule has 0 aromatic heterocycles. The molecule has 1 aliphatic carbocycles. The molecule has 1 fully saturated rings. The molecule has 1 aromatic rings. The molecule has 2 N–H and O–H groups in total. The molecule has 7 heteroatoms.